The number of hydrogen-bond acceptors (Lipinski definition) is 2. The second-order valence-corrected chi connectivity index (χ2v) is 5.42. The van der Waals surface area contributed by atoms with Gasteiger partial charge in [-0.05, 0) is 43.9 Å². The van der Waals surface area contributed by atoms with Crippen molar-refractivity contribution >= 4 is 29.9 Å². The first kappa shape index (κ1) is 23.0. The molecule has 0 aliphatic carbocycles. The van der Waals surface area contributed by atoms with Crippen molar-refractivity contribution in [2.45, 2.75) is 38.4 Å². The van der Waals surface area contributed by atoms with Crippen LogP contribution in [0.25, 0.3) is 0 Å². The first-order valence-corrected chi connectivity index (χ1v) is 7.54. The van der Waals surface area contributed by atoms with Crippen molar-refractivity contribution in [3.05, 3.63) is 35.4 Å². The number of ether oxygens (including phenoxy) is 1. The highest BCUT2D eigenvalue weighted by molar-refractivity contribution is 14.0. The smallest absolute Gasteiger partial charge is 0.383 e. The standard InChI is InChI=1S/C16H24F3N3O.HI/c1-12(11-23-2)22-15(20)21-10-4-3-5-13-6-8-14(9-7-13)16(17,18)19;/h6-9,12H,3-5,10-11H2,1-2H3,(H3,20,21,22);1H. The number of aliphatic imine (C=N–C) groups is 1. The minimum atomic E-state index is -4.28. The molecule has 0 saturated heterocycles. The monoisotopic (exact) mass is 459 g/mol. The van der Waals surface area contributed by atoms with E-state index in [2.05, 4.69) is 10.3 Å². The van der Waals surface area contributed by atoms with Crippen LogP contribution in [0.3, 0.4) is 0 Å². The topological polar surface area (TPSA) is 59.6 Å². The van der Waals surface area contributed by atoms with Crippen LogP contribution in [0, 0.1) is 0 Å². The Kier molecular flexibility index (Phi) is 11.0. The predicted octanol–water partition coefficient (Wildman–Crippen LogP) is 3.59. The third-order valence-corrected chi connectivity index (χ3v) is 3.25. The highest BCUT2D eigenvalue weighted by Gasteiger charge is 2.29. The van der Waals surface area contributed by atoms with Gasteiger partial charge in [0, 0.05) is 19.7 Å². The lowest BCUT2D eigenvalue weighted by atomic mass is 10.1. The maximum atomic E-state index is 12.4. The van der Waals surface area contributed by atoms with Crippen LogP contribution in [0.2, 0.25) is 0 Å². The molecule has 1 atom stereocenters. The molecule has 0 radical (unpaired) electrons. The molecule has 1 aromatic rings. The summed E-state index contributed by atoms with van der Waals surface area (Å²) in [6.07, 6.45) is -1.89. The number of nitrogens with two attached hydrogens (primary N) is 1. The van der Waals surface area contributed by atoms with Crippen LogP contribution in [-0.2, 0) is 17.3 Å². The van der Waals surface area contributed by atoms with E-state index in [0.717, 1.165) is 37.0 Å². The molecule has 8 heteroatoms. The van der Waals surface area contributed by atoms with E-state index in [0.29, 0.717) is 19.1 Å². The van der Waals surface area contributed by atoms with Crippen LogP contribution in [0.15, 0.2) is 29.3 Å². The molecular formula is C16H25F3IN3O. The van der Waals surface area contributed by atoms with Crippen molar-refractivity contribution in [2.24, 2.45) is 10.7 Å². The third kappa shape index (κ3) is 9.31. The molecule has 24 heavy (non-hydrogen) atoms. The maximum Gasteiger partial charge on any atom is 0.416 e. The van der Waals surface area contributed by atoms with E-state index >= 15 is 0 Å². The van der Waals surface area contributed by atoms with Gasteiger partial charge in [0.15, 0.2) is 5.96 Å². The van der Waals surface area contributed by atoms with Crippen molar-refractivity contribution in [2.75, 3.05) is 20.3 Å². The summed E-state index contributed by atoms with van der Waals surface area (Å²) in [6, 6.07) is 5.37. The zero-order valence-corrected chi connectivity index (χ0v) is 16.2. The number of nitrogens with zero attached hydrogens (tertiary/aromatic N) is 1. The van der Waals surface area contributed by atoms with E-state index in [1.54, 1.807) is 7.11 Å². The van der Waals surface area contributed by atoms with E-state index in [-0.39, 0.29) is 30.0 Å². The van der Waals surface area contributed by atoms with Gasteiger partial charge in [0.25, 0.3) is 0 Å². The Bertz CT molecular complexity index is 492. The summed E-state index contributed by atoms with van der Waals surface area (Å²) >= 11 is 0. The molecule has 1 rings (SSSR count). The van der Waals surface area contributed by atoms with Gasteiger partial charge in [-0.25, -0.2) is 0 Å². The molecule has 0 spiro atoms. The molecule has 138 valence electrons. The van der Waals surface area contributed by atoms with Gasteiger partial charge in [-0.2, -0.15) is 13.2 Å². The highest BCUT2D eigenvalue weighted by Crippen LogP contribution is 2.29. The molecule has 0 saturated carbocycles. The number of aryl methyl sites for hydroxylation is 1. The number of halogens is 4. The van der Waals surface area contributed by atoms with Crippen molar-refractivity contribution in [3.63, 3.8) is 0 Å². The fourth-order valence-electron chi connectivity index (χ4n) is 2.09. The molecule has 0 fully saturated rings. The largest absolute Gasteiger partial charge is 0.416 e. The Hall–Kier alpha value is -1.03. The maximum absolute atomic E-state index is 12.4. The van der Waals surface area contributed by atoms with E-state index < -0.39 is 11.7 Å². The average Bonchev–Trinajstić information content (AvgIpc) is 2.46. The average molecular weight is 459 g/mol. The van der Waals surface area contributed by atoms with E-state index in [4.69, 9.17) is 10.5 Å². The zero-order valence-electron chi connectivity index (χ0n) is 13.9. The fraction of sp³-hybridized carbons (Fsp3) is 0.562. The molecule has 4 nitrogen and oxygen atoms in total. The first-order chi connectivity index (χ1) is 10.8. The summed E-state index contributed by atoms with van der Waals surface area (Å²) in [4.78, 5) is 4.20. The molecule has 1 aromatic carbocycles. The van der Waals surface area contributed by atoms with Crippen LogP contribution in [-0.4, -0.2) is 32.3 Å². The summed E-state index contributed by atoms with van der Waals surface area (Å²) in [5.74, 6) is 0.379. The van der Waals surface area contributed by atoms with E-state index in [1.807, 2.05) is 6.92 Å². The Balaban J connectivity index is 0.00000529. The lowest BCUT2D eigenvalue weighted by Gasteiger charge is -2.13. The van der Waals surface area contributed by atoms with Gasteiger partial charge in [0.1, 0.15) is 0 Å². The molecular weight excluding hydrogens is 434 g/mol. The lowest BCUT2D eigenvalue weighted by Crippen LogP contribution is -2.40. The second-order valence-electron chi connectivity index (χ2n) is 5.42. The molecule has 0 bridgehead atoms. The molecule has 0 heterocycles. The number of alkyl halides is 3. The predicted molar refractivity (Wildman–Crippen MR) is 101 cm³/mol. The van der Waals surface area contributed by atoms with Gasteiger partial charge in [-0.1, -0.05) is 12.1 Å². The van der Waals surface area contributed by atoms with Gasteiger partial charge in [0.2, 0.25) is 0 Å². The minimum Gasteiger partial charge on any atom is -0.383 e. The van der Waals surface area contributed by atoms with E-state index in [9.17, 15) is 13.2 Å². The summed E-state index contributed by atoms with van der Waals surface area (Å²) in [5.41, 5.74) is 6.01. The molecule has 0 amide bonds. The SMILES string of the molecule is COCC(C)NC(N)=NCCCCc1ccc(C(F)(F)F)cc1.I. The van der Waals surface area contributed by atoms with Crippen molar-refractivity contribution in [1.29, 1.82) is 0 Å². The summed E-state index contributed by atoms with van der Waals surface area (Å²) in [6.45, 7) is 3.07. The Morgan fingerprint density at radius 2 is 1.88 bits per heavy atom. The molecule has 3 N–H and O–H groups in total. The second kappa shape index (κ2) is 11.5. The van der Waals surface area contributed by atoms with Crippen LogP contribution in [0.4, 0.5) is 13.2 Å². The van der Waals surface area contributed by atoms with Crippen LogP contribution < -0.4 is 11.1 Å². The van der Waals surface area contributed by atoms with Crippen LogP contribution in [0.5, 0.6) is 0 Å². The highest BCUT2D eigenvalue weighted by atomic mass is 127. The Labute approximate surface area is 158 Å². The Morgan fingerprint density at radius 3 is 2.42 bits per heavy atom. The summed E-state index contributed by atoms with van der Waals surface area (Å²) < 4.78 is 42.3. The van der Waals surface area contributed by atoms with Gasteiger partial charge in [0.05, 0.1) is 12.2 Å². The third-order valence-electron chi connectivity index (χ3n) is 3.25. The quantitative estimate of drug-likeness (QED) is 0.271. The van der Waals surface area contributed by atoms with Gasteiger partial charge >= 0.3 is 6.18 Å². The minimum absolute atomic E-state index is 0. The van der Waals surface area contributed by atoms with Crippen molar-refractivity contribution in [1.82, 2.24) is 5.32 Å². The molecule has 1 unspecified atom stereocenters. The number of methoxy groups -OCH3 is 1. The van der Waals surface area contributed by atoms with Gasteiger partial charge in [-0.15, -0.1) is 24.0 Å². The van der Waals surface area contributed by atoms with Gasteiger partial charge in [-0.3, -0.25) is 4.99 Å². The molecule has 0 aliphatic heterocycles. The van der Waals surface area contributed by atoms with E-state index in [1.165, 1.54) is 12.1 Å². The van der Waals surface area contributed by atoms with Crippen LogP contribution >= 0.6 is 24.0 Å². The molecule has 0 aromatic heterocycles. The summed E-state index contributed by atoms with van der Waals surface area (Å²) in [7, 11) is 1.62. The van der Waals surface area contributed by atoms with Crippen LogP contribution in [0.1, 0.15) is 30.9 Å². The zero-order chi connectivity index (χ0) is 17.3. The lowest BCUT2D eigenvalue weighted by molar-refractivity contribution is -0.137. The molecule has 0 aliphatic rings. The Morgan fingerprint density at radius 1 is 1.25 bits per heavy atom. The van der Waals surface area contributed by atoms with Crippen molar-refractivity contribution < 1.29 is 17.9 Å². The number of rotatable bonds is 8. The fourth-order valence-corrected chi connectivity index (χ4v) is 2.09. The number of unbranched alkanes of at least 4 members (excludes halogenated alkanes) is 1. The summed E-state index contributed by atoms with van der Waals surface area (Å²) in [5, 5.41) is 3.01. The number of hydrogen-bond donors (Lipinski definition) is 2. The number of guanidine groups is 1. The first-order valence-electron chi connectivity index (χ1n) is 7.54. The number of benzene rings is 1. The normalized spacial score (nSPS) is 13.3. The number of nitrogens with one attached hydrogen (secondary N) is 1. The van der Waals surface area contributed by atoms with Crippen molar-refractivity contribution in [3.8, 4) is 0 Å². The van der Waals surface area contributed by atoms with Gasteiger partial charge < -0.3 is 15.8 Å².